The number of rotatable bonds is 2. The molecular formula is C8H10O3S. The highest BCUT2D eigenvalue weighted by Crippen LogP contribution is 2.22. The SMILES string of the molecule is COC(=O)C(O)c1cc(C)cs1. The maximum Gasteiger partial charge on any atom is 0.340 e. The third kappa shape index (κ3) is 1.84. The van der Waals surface area contributed by atoms with Gasteiger partial charge >= 0.3 is 5.97 Å². The van der Waals surface area contributed by atoms with Crippen molar-refractivity contribution in [3.8, 4) is 0 Å². The van der Waals surface area contributed by atoms with E-state index in [-0.39, 0.29) is 0 Å². The molecule has 0 aromatic carbocycles. The number of thiophene rings is 1. The van der Waals surface area contributed by atoms with Gasteiger partial charge in [-0.3, -0.25) is 0 Å². The molecule has 3 nitrogen and oxygen atoms in total. The number of carbonyl (C=O) groups is 1. The lowest BCUT2D eigenvalue weighted by Crippen LogP contribution is -2.11. The molecule has 0 saturated carbocycles. The molecule has 1 rings (SSSR count). The molecular weight excluding hydrogens is 176 g/mol. The summed E-state index contributed by atoms with van der Waals surface area (Å²) in [5.74, 6) is -0.614. The number of hydrogen-bond donors (Lipinski definition) is 1. The summed E-state index contributed by atoms with van der Waals surface area (Å²) in [5, 5.41) is 11.2. The minimum atomic E-state index is -1.13. The smallest absolute Gasteiger partial charge is 0.340 e. The molecule has 0 amide bonds. The van der Waals surface area contributed by atoms with E-state index in [1.807, 2.05) is 12.3 Å². The van der Waals surface area contributed by atoms with Crippen LogP contribution in [-0.4, -0.2) is 18.2 Å². The normalized spacial score (nSPS) is 12.6. The van der Waals surface area contributed by atoms with Crippen molar-refractivity contribution in [3.05, 3.63) is 21.9 Å². The zero-order valence-electron chi connectivity index (χ0n) is 6.90. The van der Waals surface area contributed by atoms with Gasteiger partial charge in [0.05, 0.1) is 7.11 Å². The second-order valence-corrected chi connectivity index (χ2v) is 3.39. The Morgan fingerprint density at radius 2 is 2.42 bits per heavy atom. The highest BCUT2D eigenvalue weighted by atomic mass is 32.1. The number of aryl methyl sites for hydroxylation is 1. The average molecular weight is 186 g/mol. The quantitative estimate of drug-likeness (QED) is 0.707. The molecule has 0 saturated heterocycles. The van der Waals surface area contributed by atoms with Gasteiger partial charge in [-0.1, -0.05) is 0 Å². The van der Waals surface area contributed by atoms with Gasteiger partial charge in [-0.25, -0.2) is 4.79 Å². The Bertz CT molecular complexity index is 280. The molecule has 0 spiro atoms. The number of hydrogen-bond acceptors (Lipinski definition) is 4. The van der Waals surface area contributed by atoms with Crippen LogP contribution in [0.15, 0.2) is 11.4 Å². The van der Waals surface area contributed by atoms with Gasteiger partial charge in [0.1, 0.15) is 0 Å². The van der Waals surface area contributed by atoms with Crippen molar-refractivity contribution in [1.29, 1.82) is 0 Å². The van der Waals surface area contributed by atoms with Crippen LogP contribution in [0.5, 0.6) is 0 Å². The summed E-state index contributed by atoms with van der Waals surface area (Å²) in [7, 11) is 1.26. The van der Waals surface area contributed by atoms with Gasteiger partial charge in [0, 0.05) is 4.88 Å². The Labute approximate surface area is 74.6 Å². The van der Waals surface area contributed by atoms with Crippen LogP contribution in [0.3, 0.4) is 0 Å². The average Bonchev–Trinajstić information content (AvgIpc) is 2.49. The fourth-order valence-electron chi connectivity index (χ4n) is 0.825. The Morgan fingerprint density at radius 3 is 2.83 bits per heavy atom. The summed E-state index contributed by atoms with van der Waals surface area (Å²) in [6, 6.07) is 1.77. The molecule has 1 unspecified atom stereocenters. The molecule has 1 aromatic heterocycles. The van der Waals surface area contributed by atoms with E-state index >= 15 is 0 Å². The van der Waals surface area contributed by atoms with Crippen LogP contribution in [0.4, 0.5) is 0 Å². The van der Waals surface area contributed by atoms with Crippen molar-refractivity contribution >= 4 is 17.3 Å². The molecule has 0 bridgehead atoms. The van der Waals surface area contributed by atoms with E-state index in [0.717, 1.165) is 5.56 Å². The fraction of sp³-hybridized carbons (Fsp3) is 0.375. The van der Waals surface area contributed by atoms with E-state index in [0.29, 0.717) is 4.88 Å². The molecule has 0 aliphatic heterocycles. The number of esters is 1. The van der Waals surface area contributed by atoms with E-state index in [1.165, 1.54) is 18.4 Å². The number of aliphatic hydroxyl groups is 1. The Kier molecular flexibility index (Phi) is 2.83. The number of methoxy groups -OCH3 is 1. The third-order valence-electron chi connectivity index (χ3n) is 1.44. The standard InChI is InChI=1S/C8H10O3S/c1-5-3-6(12-4-5)7(9)8(10)11-2/h3-4,7,9H,1-2H3. The first-order valence-electron chi connectivity index (χ1n) is 3.46. The van der Waals surface area contributed by atoms with E-state index in [4.69, 9.17) is 0 Å². The van der Waals surface area contributed by atoms with Gasteiger partial charge in [-0.05, 0) is 23.9 Å². The predicted octanol–water partition coefficient (Wildman–Crippen LogP) is 1.26. The summed E-state index contributed by atoms with van der Waals surface area (Å²) in [5.41, 5.74) is 1.04. The molecule has 4 heteroatoms. The maximum absolute atomic E-state index is 10.9. The molecule has 0 aliphatic carbocycles. The zero-order chi connectivity index (χ0) is 9.14. The lowest BCUT2D eigenvalue weighted by atomic mass is 10.2. The summed E-state index contributed by atoms with van der Waals surface area (Å²) in [6.07, 6.45) is -1.13. The Balaban J connectivity index is 2.77. The van der Waals surface area contributed by atoms with Crippen LogP contribution in [0.25, 0.3) is 0 Å². The molecule has 66 valence electrons. The highest BCUT2D eigenvalue weighted by Gasteiger charge is 2.18. The van der Waals surface area contributed by atoms with Crippen molar-refractivity contribution in [2.45, 2.75) is 13.0 Å². The molecule has 0 radical (unpaired) electrons. The lowest BCUT2D eigenvalue weighted by Gasteiger charge is -2.04. The Hall–Kier alpha value is -0.870. The van der Waals surface area contributed by atoms with E-state index < -0.39 is 12.1 Å². The van der Waals surface area contributed by atoms with Crippen molar-refractivity contribution in [3.63, 3.8) is 0 Å². The molecule has 1 atom stereocenters. The maximum atomic E-state index is 10.9. The van der Waals surface area contributed by atoms with Crippen LogP contribution >= 0.6 is 11.3 Å². The highest BCUT2D eigenvalue weighted by molar-refractivity contribution is 7.10. The van der Waals surface area contributed by atoms with Gasteiger partial charge in [-0.15, -0.1) is 11.3 Å². The molecule has 0 aliphatic rings. The summed E-state index contributed by atoms with van der Waals surface area (Å²) < 4.78 is 4.39. The van der Waals surface area contributed by atoms with Crippen molar-refractivity contribution in [1.82, 2.24) is 0 Å². The topological polar surface area (TPSA) is 46.5 Å². The third-order valence-corrected chi connectivity index (χ3v) is 2.55. The van der Waals surface area contributed by atoms with Crippen LogP contribution in [-0.2, 0) is 9.53 Å². The van der Waals surface area contributed by atoms with Crippen LogP contribution in [0.1, 0.15) is 16.5 Å². The van der Waals surface area contributed by atoms with Gasteiger partial charge in [0.15, 0.2) is 6.10 Å². The van der Waals surface area contributed by atoms with E-state index in [1.54, 1.807) is 6.07 Å². The van der Waals surface area contributed by atoms with E-state index in [9.17, 15) is 9.90 Å². The Morgan fingerprint density at radius 1 is 1.75 bits per heavy atom. The first-order valence-corrected chi connectivity index (χ1v) is 4.34. The minimum Gasteiger partial charge on any atom is -0.467 e. The van der Waals surface area contributed by atoms with E-state index in [2.05, 4.69) is 4.74 Å². The first kappa shape index (κ1) is 9.22. The summed E-state index contributed by atoms with van der Waals surface area (Å²) >= 11 is 1.35. The zero-order valence-corrected chi connectivity index (χ0v) is 7.72. The second kappa shape index (κ2) is 3.69. The molecule has 1 aromatic rings. The van der Waals surface area contributed by atoms with Crippen LogP contribution in [0.2, 0.25) is 0 Å². The first-order chi connectivity index (χ1) is 5.65. The molecule has 0 fully saturated rings. The van der Waals surface area contributed by atoms with Crippen LogP contribution < -0.4 is 0 Å². The number of ether oxygens (including phenoxy) is 1. The number of aliphatic hydroxyl groups excluding tert-OH is 1. The largest absolute Gasteiger partial charge is 0.467 e. The number of carbonyl (C=O) groups excluding carboxylic acids is 1. The van der Waals surface area contributed by atoms with Gasteiger partial charge in [0.25, 0.3) is 0 Å². The van der Waals surface area contributed by atoms with Crippen molar-refractivity contribution in [2.24, 2.45) is 0 Å². The van der Waals surface area contributed by atoms with Gasteiger partial charge in [-0.2, -0.15) is 0 Å². The second-order valence-electron chi connectivity index (χ2n) is 2.45. The minimum absolute atomic E-state index is 0.614. The van der Waals surface area contributed by atoms with Crippen molar-refractivity contribution < 1.29 is 14.6 Å². The molecule has 1 N–H and O–H groups in total. The summed E-state index contributed by atoms with van der Waals surface area (Å²) in [6.45, 7) is 1.91. The summed E-state index contributed by atoms with van der Waals surface area (Å²) in [4.78, 5) is 11.5. The lowest BCUT2D eigenvalue weighted by molar-refractivity contribution is -0.150. The van der Waals surface area contributed by atoms with Gasteiger partial charge in [0.2, 0.25) is 0 Å². The van der Waals surface area contributed by atoms with Crippen LogP contribution in [0, 0.1) is 6.92 Å². The molecule has 1 heterocycles. The fourth-order valence-corrected chi connectivity index (χ4v) is 1.69. The van der Waals surface area contributed by atoms with Gasteiger partial charge < -0.3 is 9.84 Å². The van der Waals surface area contributed by atoms with Crippen molar-refractivity contribution in [2.75, 3.05) is 7.11 Å². The monoisotopic (exact) mass is 186 g/mol. The predicted molar refractivity (Wildman–Crippen MR) is 46.0 cm³/mol. The molecule has 12 heavy (non-hydrogen) atoms.